The van der Waals surface area contributed by atoms with Gasteiger partial charge in [0.25, 0.3) is 0 Å². The van der Waals surface area contributed by atoms with Gasteiger partial charge in [0.05, 0.1) is 16.7 Å². The van der Waals surface area contributed by atoms with Crippen LogP contribution in [-0.2, 0) is 9.59 Å². The molecule has 0 aliphatic carbocycles. The van der Waals surface area contributed by atoms with E-state index in [9.17, 15) is 9.59 Å². The highest BCUT2D eigenvalue weighted by molar-refractivity contribution is 6.58. The maximum atomic E-state index is 9.87. The molecular weight excluding hydrogens is 96.1 g/mol. The van der Waals surface area contributed by atoms with Crippen LogP contribution in [0.15, 0.2) is 0 Å². The molecule has 0 N–H and O–H groups in total. The highest BCUT2D eigenvalue weighted by atomic mass is 28.1. The van der Waals surface area contributed by atoms with Crippen LogP contribution in [0, 0.1) is 0 Å². The molecule has 34 valence electrons. The molecule has 0 saturated heterocycles. The molecule has 2 nitrogen and oxygen atoms in total. The largest absolute Gasteiger partial charge is 0.306 e. The Labute approximate surface area is 39.0 Å². The number of carbonyl (C=O) groups is 2. The van der Waals surface area contributed by atoms with Gasteiger partial charge in [-0.3, -0.25) is 0 Å². The van der Waals surface area contributed by atoms with Crippen LogP contribution in [-0.4, -0.2) is 21.9 Å². The van der Waals surface area contributed by atoms with Crippen molar-refractivity contribution in [3.8, 4) is 0 Å². The summed E-state index contributed by atoms with van der Waals surface area (Å²) in [5.74, 6) is 0. The van der Waals surface area contributed by atoms with Crippen molar-refractivity contribution in [2.75, 3.05) is 0 Å². The number of rotatable bonds is 2. The minimum atomic E-state index is 0.0602. The SMILES string of the molecule is O=CCC(=O)[SiH3]. The van der Waals surface area contributed by atoms with Gasteiger partial charge in [0.15, 0.2) is 0 Å². The molecule has 6 heavy (non-hydrogen) atoms. The minimum Gasteiger partial charge on any atom is -0.306 e. The molecule has 0 aromatic rings. The second kappa shape index (κ2) is 2.78. The zero-order valence-electron chi connectivity index (χ0n) is 3.60. The molecule has 0 aliphatic heterocycles. The zero-order chi connectivity index (χ0) is 4.99. The van der Waals surface area contributed by atoms with E-state index in [0.717, 1.165) is 0 Å². The quantitative estimate of drug-likeness (QED) is 0.241. The monoisotopic (exact) mass is 102 g/mol. The summed E-state index contributed by atoms with van der Waals surface area (Å²) < 4.78 is 0. The number of aldehydes is 1. The molecule has 0 fully saturated rings. The van der Waals surface area contributed by atoms with E-state index in [-0.39, 0.29) is 11.8 Å². The topological polar surface area (TPSA) is 34.1 Å². The predicted octanol–water partition coefficient (Wildman–Crippen LogP) is -1.53. The lowest BCUT2D eigenvalue weighted by Crippen LogP contribution is -1.94. The molecule has 0 aromatic heterocycles. The Balaban J connectivity index is 3.05. The Morgan fingerprint density at radius 2 is 2.33 bits per heavy atom. The molecular formula is C3H6O2Si. The summed E-state index contributed by atoms with van der Waals surface area (Å²) in [7, 11) is 0.508. The fourth-order valence-corrected chi connectivity index (χ4v) is 0.284. The third-order valence-corrected chi connectivity index (χ3v) is 0.779. The molecule has 0 aliphatic rings. The summed E-state index contributed by atoms with van der Waals surface area (Å²) in [4.78, 5) is 19.3. The Kier molecular flexibility index (Phi) is 2.57. The summed E-state index contributed by atoms with van der Waals surface area (Å²) in [5, 5.41) is 0.0602. The second-order valence-electron chi connectivity index (χ2n) is 1.07. The molecule has 0 atom stereocenters. The van der Waals surface area contributed by atoms with Crippen LogP contribution in [0.4, 0.5) is 0 Å². The molecule has 0 radical (unpaired) electrons. The van der Waals surface area contributed by atoms with E-state index in [1.807, 2.05) is 0 Å². The first-order valence-electron chi connectivity index (χ1n) is 1.70. The van der Waals surface area contributed by atoms with Gasteiger partial charge in [0.2, 0.25) is 0 Å². The van der Waals surface area contributed by atoms with Gasteiger partial charge in [-0.2, -0.15) is 0 Å². The maximum Gasteiger partial charge on any atom is 0.126 e. The summed E-state index contributed by atoms with van der Waals surface area (Å²) in [6.45, 7) is 0. The highest BCUT2D eigenvalue weighted by Crippen LogP contribution is 1.64. The summed E-state index contributed by atoms with van der Waals surface area (Å²) in [6, 6.07) is 0. The molecule has 0 unspecified atom stereocenters. The van der Waals surface area contributed by atoms with Crippen LogP contribution < -0.4 is 0 Å². The van der Waals surface area contributed by atoms with Crippen LogP contribution in [0.25, 0.3) is 0 Å². The second-order valence-corrected chi connectivity index (χ2v) is 2.19. The molecule has 0 aromatic carbocycles. The normalized spacial score (nSPS) is 8.00. The first-order valence-corrected chi connectivity index (χ1v) is 2.70. The lowest BCUT2D eigenvalue weighted by atomic mass is 10.5. The van der Waals surface area contributed by atoms with Crippen LogP contribution >= 0.6 is 0 Å². The van der Waals surface area contributed by atoms with E-state index in [0.29, 0.717) is 16.5 Å². The Morgan fingerprint density at radius 3 is 2.33 bits per heavy atom. The Hall–Kier alpha value is -0.443. The van der Waals surface area contributed by atoms with Gasteiger partial charge in [0.1, 0.15) is 11.7 Å². The van der Waals surface area contributed by atoms with Gasteiger partial charge >= 0.3 is 0 Å². The van der Waals surface area contributed by atoms with Gasteiger partial charge in [-0.1, -0.05) is 0 Å². The van der Waals surface area contributed by atoms with Gasteiger partial charge < -0.3 is 9.59 Å². The van der Waals surface area contributed by atoms with Crippen molar-refractivity contribution in [3.63, 3.8) is 0 Å². The van der Waals surface area contributed by atoms with E-state index < -0.39 is 0 Å². The number of carbonyl (C=O) groups excluding carboxylic acids is 2. The zero-order valence-corrected chi connectivity index (χ0v) is 5.60. The van der Waals surface area contributed by atoms with E-state index in [2.05, 4.69) is 0 Å². The number of hydrogen-bond donors (Lipinski definition) is 0. The molecule has 0 rings (SSSR count). The fraction of sp³-hybridized carbons (Fsp3) is 0.333. The molecule has 0 bridgehead atoms. The standard InChI is InChI=1S/C3H6O2Si/c4-2-1-3(5)6/h2H,1H2,6H3. The van der Waals surface area contributed by atoms with Gasteiger partial charge in [0, 0.05) is 0 Å². The van der Waals surface area contributed by atoms with Crippen molar-refractivity contribution >= 4 is 21.9 Å². The van der Waals surface area contributed by atoms with E-state index in [1.54, 1.807) is 0 Å². The van der Waals surface area contributed by atoms with E-state index in [4.69, 9.17) is 0 Å². The third kappa shape index (κ3) is 3.56. The van der Waals surface area contributed by atoms with Crippen LogP contribution in [0.5, 0.6) is 0 Å². The van der Waals surface area contributed by atoms with Crippen LogP contribution in [0.3, 0.4) is 0 Å². The molecule has 0 saturated carbocycles. The summed E-state index contributed by atoms with van der Waals surface area (Å²) >= 11 is 0. The molecule has 0 amide bonds. The first kappa shape index (κ1) is 5.56. The number of hydrogen-bond acceptors (Lipinski definition) is 2. The van der Waals surface area contributed by atoms with Crippen molar-refractivity contribution in [3.05, 3.63) is 0 Å². The Bertz CT molecular complexity index is 69.2. The van der Waals surface area contributed by atoms with E-state index in [1.165, 1.54) is 0 Å². The third-order valence-electron chi connectivity index (χ3n) is 0.371. The lowest BCUT2D eigenvalue weighted by molar-refractivity contribution is -0.116. The smallest absolute Gasteiger partial charge is 0.126 e. The first-order chi connectivity index (χ1) is 2.77. The average molecular weight is 102 g/mol. The van der Waals surface area contributed by atoms with Crippen LogP contribution in [0.1, 0.15) is 6.42 Å². The maximum absolute atomic E-state index is 9.87. The highest BCUT2D eigenvalue weighted by Gasteiger charge is 1.83. The molecule has 3 heteroatoms. The Morgan fingerprint density at radius 1 is 1.83 bits per heavy atom. The summed E-state index contributed by atoms with van der Waals surface area (Å²) in [6.07, 6.45) is 0.752. The van der Waals surface area contributed by atoms with Crippen molar-refractivity contribution in [1.29, 1.82) is 0 Å². The molecule has 0 spiro atoms. The average Bonchev–Trinajstić information content (AvgIpc) is 1.35. The van der Waals surface area contributed by atoms with Gasteiger partial charge in [-0.25, -0.2) is 0 Å². The van der Waals surface area contributed by atoms with Crippen molar-refractivity contribution in [2.24, 2.45) is 0 Å². The predicted molar refractivity (Wildman–Crippen MR) is 25.6 cm³/mol. The van der Waals surface area contributed by atoms with E-state index >= 15 is 0 Å². The van der Waals surface area contributed by atoms with Crippen molar-refractivity contribution in [1.82, 2.24) is 0 Å². The molecule has 0 heterocycles. The van der Waals surface area contributed by atoms with Gasteiger partial charge in [-0.15, -0.1) is 0 Å². The van der Waals surface area contributed by atoms with Crippen LogP contribution in [0.2, 0.25) is 0 Å². The van der Waals surface area contributed by atoms with Gasteiger partial charge in [-0.05, 0) is 0 Å². The summed E-state index contributed by atoms with van der Waals surface area (Å²) in [5.41, 5.74) is 0. The fourth-order valence-electron chi connectivity index (χ4n) is 0.117. The minimum absolute atomic E-state index is 0.0602. The lowest BCUT2D eigenvalue weighted by Gasteiger charge is -1.71. The van der Waals surface area contributed by atoms with Crippen molar-refractivity contribution in [2.45, 2.75) is 6.42 Å². The van der Waals surface area contributed by atoms with Crippen molar-refractivity contribution < 1.29 is 9.59 Å².